The van der Waals surface area contributed by atoms with Crippen LogP contribution in [0.3, 0.4) is 0 Å². The second-order valence-corrected chi connectivity index (χ2v) is 6.98. The number of carbonyl (C=O) groups is 1. The molecule has 3 heterocycles. The molecule has 0 saturated carbocycles. The van der Waals surface area contributed by atoms with Crippen molar-refractivity contribution in [2.75, 3.05) is 19.6 Å². The molecule has 0 aliphatic carbocycles. The van der Waals surface area contributed by atoms with Gasteiger partial charge in [0.1, 0.15) is 17.9 Å². The van der Waals surface area contributed by atoms with Gasteiger partial charge in [-0.15, -0.1) is 10.2 Å². The standard InChI is InChI=1S/C20H21F2N5O2/c21-16-2-1-14(11-17(16)22)12-26-7-4-19-25-24-18(27(19)9-8-26)3-6-23-20(28)15-5-10-29-13-15/h1-2,5,10-11,13H,3-4,6-9,12H2,(H,23,28). The number of aromatic nitrogens is 3. The number of carbonyl (C=O) groups excluding carboxylic acids is 1. The van der Waals surface area contributed by atoms with E-state index in [1.807, 2.05) is 0 Å². The molecule has 0 radical (unpaired) electrons. The molecule has 1 amide bonds. The summed E-state index contributed by atoms with van der Waals surface area (Å²) in [7, 11) is 0. The van der Waals surface area contributed by atoms with Gasteiger partial charge < -0.3 is 14.3 Å². The number of nitrogens with zero attached hydrogens (tertiary/aromatic N) is 4. The maximum Gasteiger partial charge on any atom is 0.254 e. The largest absolute Gasteiger partial charge is 0.472 e. The van der Waals surface area contributed by atoms with Crippen molar-refractivity contribution in [3.8, 4) is 0 Å². The molecule has 0 atom stereocenters. The second kappa shape index (κ2) is 8.52. The SMILES string of the molecule is O=C(NCCc1nnc2n1CCN(Cc1ccc(F)c(F)c1)CC2)c1ccoc1. The maximum absolute atomic E-state index is 13.4. The molecule has 2 aromatic heterocycles. The van der Waals surface area contributed by atoms with Gasteiger partial charge in [-0.05, 0) is 23.8 Å². The lowest BCUT2D eigenvalue weighted by atomic mass is 10.2. The predicted molar refractivity (Wildman–Crippen MR) is 100 cm³/mol. The number of halogens is 2. The lowest BCUT2D eigenvalue weighted by Gasteiger charge is -2.19. The minimum Gasteiger partial charge on any atom is -0.472 e. The van der Waals surface area contributed by atoms with Gasteiger partial charge in [-0.1, -0.05) is 6.07 Å². The predicted octanol–water partition coefficient (Wildman–Crippen LogP) is 2.18. The molecule has 152 valence electrons. The summed E-state index contributed by atoms with van der Waals surface area (Å²) in [5.41, 5.74) is 1.22. The van der Waals surface area contributed by atoms with Crippen LogP contribution in [0.4, 0.5) is 8.78 Å². The van der Waals surface area contributed by atoms with Crippen molar-refractivity contribution in [1.29, 1.82) is 0 Å². The number of amides is 1. The van der Waals surface area contributed by atoms with Crippen LogP contribution in [0.2, 0.25) is 0 Å². The average molecular weight is 401 g/mol. The molecule has 0 saturated heterocycles. The van der Waals surface area contributed by atoms with Crippen LogP contribution >= 0.6 is 0 Å². The molecule has 1 aliphatic rings. The fourth-order valence-electron chi connectivity index (χ4n) is 3.45. The molecule has 7 nitrogen and oxygen atoms in total. The monoisotopic (exact) mass is 401 g/mol. The fourth-order valence-corrected chi connectivity index (χ4v) is 3.45. The minimum absolute atomic E-state index is 0.188. The number of rotatable bonds is 6. The van der Waals surface area contributed by atoms with Gasteiger partial charge in [0.05, 0.1) is 11.8 Å². The summed E-state index contributed by atoms with van der Waals surface area (Å²) >= 11 is 0. The van der Waals surface area contributed by atoms with Crippen LogP contribution < -0.4 is 5.32 Å². The van der Waals surface area contributed by atoms with Gasteiger partial charge >= 0.3 is 0 Å². The van der Waals surface area contributed by atoms with Gasteiger partial charge in [-0.25, -0.2) is 8.78 Å². The Kier molecular flexibility index (Phi) is 5.66. The van der Waals surface area contributed by atoms with Crippen LogP contribution in [0.1, 0.15) is 27.6 Å². The van der Waals surface area contributed by atoms with Gasteiger partial charge in [-0.3, -0.25) is 9.69 Å². The van der Waals surface area contributed by atoms with E-state index in [0.29, 0.717) is 31.6 Å². The highest BCUT2D eigenvalue weighted by molar-refractivity contribution is 5.93. The number of fused-ring (bicyclic) bond motifs is 1. The van der Waals surface area contributed by atoms with E-state index < -0.39 is 11.6 Å². The van der Waals surface area contributed by atoms with Crippen molar-refractivity contribution in [3.05, 3.63) is 71.2 Å². The molecule has 29 heavy (non-hydrogen) atoms. The molecule has 4 rings (SSSR count). The number of nitrogens with one attached hydrogen (secondary N) is 1. The molecule has 0 unspecified atom stereocenters. The third kappa shape index (κ3) is 4.51. The molecule has 0 bridgehead atoms. The van der Waals surface area contributed by atoms with Gasteiger partial charge in [0, 0.05) is 45.6 Å². The van der Waals surface area contributed by atoms with E-state index in [0.717, 1.165) is 42.8 Å². The van der Waals surface area contributed by atoms with Crippen molar-refractivity contribution in [2.24, 2.45) is 0 Å². The summed E-state index contributed by atoms with van der Waals surface area (Å²) < 4.78 is 33.6. The highest BCUT2D eigenvalue weighted by Crippen LogP contribution is 2.15. The van der Waals surface area contributed by atoms with E-state index in [1.54, 1.807) is 12.1 Å². The summed E-state index contributed by atoms with van der Waals surface area (Å²) in [6, 6.07) is 5.62. The first-order valence-electron chi connectivity index (χ1n) is 9.48. The van der Waals surface area contributed by atoms with Gasteiger partial charge in [-0.2, -0.15) is 0 Å². The second-order valence-electron chi connectivity index (χ2n) is 6.98. The zero-order valence-electron chi connectivity index (χ0n) is 15.8. The first-order chi connectivity index (χ1) is 14.1. The average Bonchev–Trinajstić information content (AvgIpc) is 3.33. The smallest absolute Gasteiger partial charge is 0.254 e. The number of benzene rings is 1. The van der Waals surface area contributed by atoms with E-state index in [9.17, 15) is 13.6 Å². The highest BCUT2D eigenvalue weighted by Gasteiger charge is 2.19. The van der Waals surface area contributed by atoms with E-state index in [1.165, 1.54) is 18.6 Å². The Bertz CT molecular complexity index is 987. The third-order valence-corrected chi connectivity index (χ3v) is 5.00. The zero-order valence-corrected chi connectivity index (χ0v) is 15.8. The van der Waals surface area contributed by atoms with Crippen LogP contribution in [-0.4, -0.2) is 45.2 Å². The fraction of sp³-hybridized carbons (Fsp3) is 0.350. The first kappa shape index (κ1) is 19.3. The van der Waals surface area contributed by atoms with E-state index in [-0.39, 0.29) is 5.91 Å². The molecule has 1 N–H and O–H groups in total. The van der Waals surface area contributed by atoms with E-state index >= 15 is 0 Å². The molecule has 1 aliphatic heterocycles. The molecule has 9 heteroatoms. The van der Waals surface area contributed by atoms with E-state index in [2.05, 4.69) is 25.0 Å². The molecular weight excluding hydrogens is 380 g/mol. The van der Waals surface area contributed by atoms with Gasteiger partial charge in [0.25, 0.3) is 5.91 Å². The van der Waals surface area contributed by atoms with Gasteiger partial charge in [0.15, 0.2) is 11.6 Å². The number of hydrogen-bond donors (Lipinski definition) is 1. The summed E-state index contributed by atoms with van der Waals surface area (Å²) in [5.74, 6) is -0.127. The lowest BCUT2D eigenvalue weighted by Crippen LogP contribution is -2.28. The van der Waals surface area contributed by atoms with Crippen molar-refractivity contribution in [2.45, 2.75) is 25.9 Å². The molecule has 0 fully saturated rings. The third-order valence-electron chi connectivity index (χ3n) is 5.00. The Balaban J connectivity index is 1.33. The van der Waals surface area contributed by atoms with Crippen LogP contribution in [0.5, 0.6) is 0 Å². The topological polar surface area (TPSA) is 76.2 Å². The molecular formula is C20H21F2N5O2. The molecule has 0 spiro atoms. The van der Waals surface area contributed by atoms with Crippen molar-refractivity contribution >= 4 is 5.91 Å². The lowest BCUT2D eigenvalue weighted by molar-refractivity contribution is 0.0953. The Morgan fingerprint density at radius 1 is 1.14 bits per heavy atom. The number of furan rings is 1. The first-order valence-corrected chi connectivity index (χ1v) is 9.48. The number of hydrogen-bond acceptors (Lipinski definition) is 5. The Hall–Kier alpha value is -3.07. The normalized spacial score (nSPS) is 14.4. The summed E-state index contributed by atoms with van der Waals surface area (Å²) in [4.78, 5) is 14.2. The summed E-state index contributed by atoms with van der Waals surface area (Å²) in [6.45, 7) is 3.20. The Morgan fingerprint density at radius 2 is 2.03 bits per heavy atom. The summed E-state index contributed by atoms with van der Waals surface area (Å²) in [5, 5.41) is 11.4. The van der Waals surface area contributed by atoms with Crippen LogP contribution in [-0.2, 0) is 25.9 Å². The Labute approximate surface area is 166 Å². The summed E-state index contributed by atoms with van der Waals surface area (Å²) in [6.07, 6.45) is 4.15. The zero-order chi connectivity index (χ0) is 20.2. The van der Waals surface area contributed by atoms with Crippen LogP contribution in [0.25, 0.3) is 0 Å². The van der Waals surface area contributed by atoms with E-state index in [4.69, 9.17) is 4.42 Å². The maximum atomic E-state index is 13.4. The van der Waals surface area contributed by atoms with Crippen molar-refractivity contribution < 1.29 is 18.0 Å². The van der Waals surface area contributed by atoms with Crippen molar-refractivity contribution in [3.63, 3.8) is 0 Å². The highest BCUT2D eigenvalue weighted by atomic mass is 19.2. The Morgan fingerprint density at radius 3 is 2.83 bits per heavy atom. The minimum atomic E-state index is -0.833. The molecule has 1 aromatic carbocycles. The van der Waals surface area contributed by atoms with Gasteiger partial charge in [0.2, 0.25) is 0 Å². The van der Waals surface area contributed by atoms with Crippen LogP contribution in [0, 0.1) is 11.6 Å². The van der Waals surface area contributed by atoms with Crippen molar-refractivity contribution in [1.82, 2.24) is 25.0 Å². The quantitative estimate of drug-likeness (QED) is 0.685. The van der Waals surface area contributed by atoms with Crippen LogP contribution in [0.15, 0.2) is 41.2 Å². The molecule has 3 aromatic rings.